The van der Waals surface area contributed by atoms with Gasteiger partial charge in [0, 0.05) is 9.75 Å². The molecule has 0 fully saturated rings. The fourth-order valence-corrected chi connectivity index (χ4v) is 6.52. The van der Waals surface area contributed by atoms with Crippen LogP contribution in [0, 0.1) is 0 Å². The van der Waals surface area contributed by atoms with Gasteiger partial charge in [0.15, 0.2) is 0 Å². The molecule has 0 amide bonds. The summed E-state index contributed by atoms with van der Waals surface area (Å²) in [5, 5.41) is 0.726. The predicted octanol–water partition coefficient (Wildman–Crippen LogP) is 4.16. The topological polar surface area (TPSA) is 72.0 Å². The van der Waals surface area contributed by atoms with Crippen LogP contribution in [0.2, 0.25) is 0 Å². The maximum absolute atomic E-state index is 12.5. The van der Waals surface area contributed by atoms with Crippen molar-refractivity contribution in [1.82, 2.24) is 9.97 Å². The lowest BCUT2D eigenvalue weighted by atomic mass is 10.1. The minimum atomic E-state index is -0.329. The third kappa shape index (κ3) is 3.12. The van der Waals surface area contributed by atoms with Crippen molar-refractivity contribution in [1.29, 1.82) is 0 Å². The van der Waals surface area contributed by atoms with Crippen LogP contribution in [-0.2, 0) is 37.0 Å². The summed E-state index contributed by atoms with van der Waals surface area (Å²) < 4.78 is 5.45. The van der Waals surface area contributed by atoms with Gasteiger partial charge >= 0.3 is 5.97 Å². The number of aryl methyl sites for hydroxylation is 4. The van der Waals surface area contributed by atoms with Crippen molar-refractivity contribution in [3.8, 4) is 0 Å². The van der Waals surface area contributed by atoms with Crippen LogP contribution in [0.4, 0.5) is 0 Å². The highest BCUT2D eigenvalue weighted by molar-refractivity contribution is 7.18. The number of thiophene rings is 2. The summed E-state index contributed by atoms with van der Waals surface area (Å²) in [5.41, 5.74) is 2.34. The van der Waals surface area contributed by atoms with Crippen LogP contribution in [0.1, 0.15) is 62.1 Å². The monoisotopic (exact) mass is 400 g/mol. The van der Waals surface area contributed by atoms with E-state index in [4.69, 9.17) is 4.74 Å². The molecule has 0 spiro atoms. The number of aromatic amines is 1. The molecular formula is C20H20N2O3S2. The smallest absolute Gasteiger partial charge is 0.348 e. The normalized spacial score (nSPS) is 16.1. The summed E-state index contributed by atoms with van der Waals surface area (Å²) >= 11 is 3.14. The van der Waals surface area contributed by atoms with Crippen molar-refractivity contribution in [2.45, 2.75) is 58.0 Å². The number of esters is 1. The molecular weight excluding hydrogens is 380 g/mol. The van der Waals surface area contributed by atoms with Gasteiger partial charge in [-0.3, -0.25) is 4.79 Å². The average molecular weight is 401 g/mol. The number of fused-ring (bicyclic) bond motifs is 4. The lowest BCUT2D eigenvalue weighted by Crippen LogP contribution is -2.14. The van der Waals surface area contributed by atoms with Crippen LogP contribution in [0.15, 0.2) is 10.9 Å². The molecule has 5 nitrogen and oxygen atoms in total. The summed E-state index contributed by atoms with van der Waals surface area (Å²) in [5.74, 6) is 0.0865. The maximum Gasteiger partial charge on any atom is 0.348 e. The number of hydrogen-bond donors (Lipinski definition) is 1. The van der Waals surface area contributed by atoms with Gasteiger partial charge in [-0.1, -0.05) is 6.42 Å². The third-order valence-electron chi connectivity index (χ3n) is 5.41. The number of rotatable bonds is 3. The van der Waals surface area contributed by atoms with Crippen LogP contribution in [0.25, 0.3) is 10.2 Å². The first-order valence-electron chi connectivity index (χ1n) is 9.51. The second kappa shape index (κ2) is 6.87. The average Bonchev–Trinajstić information content (AvgIpc) is 3.30. The molecule has 0 aliphatic heterocycles. The van der Waals surface area contributed by atoms with Crippen molar-refractivity contribution in [2.24, 2.45) is 0 Å². The summed E-state index contributed by atoms with van der Waals surface area (Å²) in [6, 6.07) is 1.98. The SMILES string of the molecule is O=C(OCc1nc2sc3c(c2c(=O)[nH]1)CCC3)c1cc2c(s1)CCCCC2. The van der Waals surface area contributed by atoms with Gasteiger partial charge in [0.25, 0.3) is 5.56 Å². The van der Waals surface area contributed by atoms with Gasteiger partial charge in [0.2, 0.25) is 0 Å². The van der Waals surface area contributed by atoms with Gasteiger partial charge < -0.3 is 9.72 Å². The first-order valence-corrected chi connectivity index (χ1v) is 11.1. The number of carbonyl (C=O) groups is 1. The van der Waals surface area contributed by atoms with Crippen LogP contribution in [-0.4, -0.2) is 15.9 Å². The van der Waals surface area contributed by atoms with E-state index in [1.807, 2.05) is 6.07 Å². The highest BCUT2D eigenvalue weighted by Gasteiger charge is 2.22. The predicted molar refractivity (Wildman–Crippen MR) is 107 cm³/mol. The number of H-pyrrole nitrogens is 1. The van der Waals surface area contributed by atoms with Gasteiger partial charge in [-0.2, -0.15) is 0 Å². The molecule has 1 N–H and O–H groups in total. The van der Waals surface area contributed by atoms with Crippen LogP contribution in [0.5, 0.6) is 0 Å². The lowest BCUT2D eigenvalue weighted by Gasteiger charge is -2.03. The quantitative estimate of drug-likeness (QED) is 0.529. The largest absolute Gasteiger partial charge is 0.453 e. The third-order valence-corrected chi connectivity index (χ3v) is 7.81. The molecule has 7 heteroatoms. The lowest BCUT2D eigenvalue weighted by molar-refractivity contribution is 0.0468. The Balaban J connectivity index is 1.34. The Labute approximate surface area is 164 Å². The van der Waals surface area contributed by atoms with E-state index in [0.717, 1.165) is 47.9 Å². The number of carbonyl (C=O) groups excluding carboxylic acids is 1. The van der Waals surface area contributed by atoms with E-state index in [9.17, 15) is 9.59 Å². The number of aromatic nitrogens is 2. The first kappa shape index (κ1) is 17.1. The number of ether oxygens (including phenoxy) is 1. The van der Waals surface area contributed by atoms with Crippen molar-refractivity contribution in [3.63, 3.8) is 0 Å². The Hall–Kier alpha value is -1.99. The molecule has 0 saturated carbocycles. The zero-order valence-electron chi connectivity index (χ0n) is 14.9. The van der Waals surface area contributed by atoms with E-state index in [0.29, 0.717) is 10.7 Å². The molecule has 5 rings (SSSR count). The van der Waals surface area contributed by atoms with Crippen molar-refractivity contribution in [3.05, 3.63) is 48.0 Å². The zero-order chi connectivity index (χ0) is 18.4. The number of nitrogens with zero attached hydrogens (tertiary/aromatic N) is 1. The zero-order valence-corrected chi connectivity index (χ0v) is 16.6. The van der Waals surface area contributed by atoms with E-state index < -0.39 is 0 Å². The molecule has 27 heavy (non-hydrogen) atoms. The fraction of sp³-hybridized carbons (Fsp3) is 0.450. The standard InChI is InChI=1S/C20H20N2O3S2/c23-18-17-12-6-4-8-14(12)27-19(17)22-16(21-18)10-25-20(24)15-9-11-5-2-1-3-7-13(11)26-15/h9H,1-8,10H2,(H,21,22,23). The van der Waals surface area contributed by atoms with Crippen molar-refractivity contribution in [2.75, 3.05) is 0 Å². The highest BCUT2D eigenvalue weighted by atomic mass is 32.1. The Morgan fingerprint density at radius 2 is 1.93 bits per heavy atom. The molecule has 0 aromatic carbocycles. The first-order chi connectivity index (χ1) is 13.2. The summed E-state index contributed by atoms with van der Waals surface area (Å²) in [6.45, 7) is -0.00481. The van der Waals surface area contributed by atoms with E-state index in [1.165, 1.54) is 34.6 Å². The Morgan fingerprint density at radius 3 is 2.85 bits per heavy atom. The molecule has 0 unspecified atom stereocenters. The van der Waals surface area contributed by atoms with E-state index in [1.54, 1.807) is 22.7 Å². The molecule has 2 aliphatic rings. The van der Waals surface area contributed by atoms with E-state index in [-0.39, 0.29) is 18.1 Å². The van der Waals surface area contributed by atoms with Crippen molar-refractivity contribution >= 4 is 38.9 Å². The number of hydrogen-bond acceptors (Lipinski definition) is 6. The second-order valence-electron chi connectivity index (χ2n) is 7.25. The summed E-state index contributed by atoms with van der Waals surface area (Å²) in [4.78, 5) is 36.3. The Kier molecular flexibility index (Phi) is 4.36. The molecule has 3 aromatic rings. The molecule has 3 aromatic heterocycles. The Bertz CT molecular complexity index is 1070. The van der Waals surface area contributed by atoms with Crippen LogP contribution < -0.4 is 5.56 Å². The minimum Gasteiger partial charge on any atom is -0.453 e. The summed E-state index contributed by atoms with van der Waals surface area (Å²) in [7, 11) is 0. The van der Waals surface area contributed by atoms with Crippen molar-refractivity contribution < 1.29 is 9.53 Å². The highest BCUT2D eigenvalue weighted by Crippen LogP contribution is 2.34. The summed E-state index contributed by atoms with van der Waals surface area (Å²) in [6.07, 6.45) is 8.85. The fourth-order valence-electron chi connectivity index (χ4n) is 4.09. The Morgan fingerprint density at radius 1 is 1.07 bits per heavy atom. The molecule has 0 saturated heterocycles. The number of nitrogens with one attached hydrogen (secondary N) is 1. The van der Waals surface area contributed by atoms with Gasteiger partial charge in [0.05, 0.1) is 5.39 Å². The second-order valence-corrected chi connectivity index (χ2v) is 9.47. The molecule has 3 heterocycles. The maximum atomic E-state index is 12.5. The molecule has 0 radical (unpaired) electrons. The molecule has 2 aliphatic carbocycles. The van der Waals surface area contributed by atoms with E-state index in [2.05, 4.69) is 9.97 Å². The van der Waals surface area contributed by atoms with Crippen LogP contribution >= 0.6 is 22.7 Å². The van der Waals surface area contributed by atoms with Gasteiger partial charge in [-0.05, 0) is 62.1 Å². The molecule has 0 bridgehead atoms. The van der Waals surface area contributed by atoms with E-state index >= 15 is 0 Å². The minimum absolute atomic E-state index is 0.00481. The van der Waals surface area contributed by atoms with Crippen LogP contribution in [0.3, 0.4) is 0 Å². The van der Waals surface area contributed by atoms with Gasteiger partial charge in [-0.15, -0.1) is 22.7 Å². The van der Waals surface area contributed by atoms with Gasteiger partial charge in [-0.25, -0.2) is 9.78 Å². The molecule has 0 atom stereocenters. The molecule has 140 valence electrons. The van der Waals surface area contributed by atoms with Gasteiger partial charge in [0.1, 0.15) is 22.1 Å².